The highest BCUT2D eigenvalue weighted by molar-refractivity contribution is 8.00. The van der Waals surface area contributed by atoms with Crippen LogP contribution in [0.3, 0.4) is 0 Å². The third kappa shape index (κ3) is 5.23. The number of thioether (sulfide) groups is 1. The van der Waals surface area contributed by atoms with Gasteiger partial charge in [0.2, 0.25) is 11.7 Å². The number of aromatic nitrogens is 2. The van der Waals surface area contributed by atoms with Gasteiger partial charge in [0.25, 0.3) is 0 Å². The van der Waals surface area contributed by atoms with E-state index in [1.54, 1.807) is 45.6 Å². The van der Waals surface area contributed by atoms with E-state index in [-0.39, 0.29) is 17.5 Å². The Morgan fingerprint density at radius 3 is 2.38 bits per heavy atom. The molecule has 1 amide bonds. The van der Waals surface area contributed by atoms with Crippen molar-refractivity contribution in [2.75, 3.05) is 27.1 Å². The van der Waals surface area contributed by atoms with Crippen molar-refractivity contribution in [2.24, 2.45) is 0 Å². The highest BCUT2D eigenvalue weighted by atomic mass is 32.2. The molecule has 0 radical (unpaired) electrons. The lowest BCUT2D eigenvalue weighted by Crippen LogP contribution is -2.24. The zero-order valence-electron chi connectivity index (χ0n) is 18.8. The highest BCUT2D eigenvalue weighted by Crippen LogP contribution is 2.38. The quantitative estimate of drug-likeness (QED) is 0.258. The molecule has 4 rings (SSSR count). The third-order valence-corrected chi connectivity index (χ3v) is 7.26. The summed E-state index contributed by atoms with van der Waals surface area (Å²) in [6.07, 6.45) is 1.49. The van der Waals surface area contributed by atoms with Crippen molar-refractivity contribution in [2.45, 2.75) is 11.6 Å². The monoisotopic (exact) mass is 499 g/mol. The van der Waals surface area contributed by atoms with Gasteiger partial charge in [-0.15, -0.1) is 11.3 Å². The first-order valence-electron chi connectivity index (χ1n) is 10.2. The van der Waals surface area contributed by atoms with E-state index in [4.69, 9.17) is 14.2 Å². The molecule has 10 heteroatoms. The van der Waals surface area contributed by atoms with Crippen molar-refractivity contribution in [3.63, 3.8) is 0 Å². The Morgan fingerprint density at radius 1 is 1.03 bits per heavy atom. The Hall–Kier alpha value is -3.37. The summed E-state index contributed by atoms with van der Waals surface area (Å²) in [5.74, 6) is 1.33. The van der Waals surface area contributed by atoms with E-state index in [0.29, 0.717) is 23.8 Å². The third-order valence-electron chi connectivity index (χ3n) is 4.96. The van der Waals surface area contributed by atoms with Gasteiger partial charge in [-0.25, -0.2) is 14.4 Å². The molecule has 0 saturated heterocycles. The summed E-state index contributed by atoms with van der Waals surface area (Å²) in [7, 11) is 4.63. The number of ether oxygens (including phenoxy) is 3. The molecule has 0 aliphatic carbocycles. The number of methoxy groups -OCH3 is 3. The minimum Gasteiger partial charge on any atom is -0.493 e. The van der Waals surface area contributed by atoms with Crippen LogP contribution in [0.5, 0.6) is 17.2 Å². The second kappa shape index (κ2) is 10.7. The molecule has 34 heavy (non-hydrogen) atoms. The molecule has 0 bridgehead atoms. The molecule has 2 heterocycles. The maximum absolute atomic E-state index is 13.2. The number of hydrogen-bond acceptors (Lipinski definition) is 8. The summed E-state index contributed by atoms with van der Waals surface area (Å²) in [4.78, 5) is 22.2. The molecule has 1 N–H and O–H groups in total. The Morgan fingerprint density at radius 2 is 1.74 bits per heavy atom. The summed E-state index contributed by atoms with van der Waals surface area (Å²) < 4.78 is 30.2. The maximum Gasteiger partial charge on any atom is 0.230 e. The van der Waals surface area contributed by atoms with Gasteiger partial charge in [0.05, 0.1) is 37.3 Å². The molecular weight excluding hydrogens is 477 g/mol. The van der Waals surface area contributed by atoms with Gasteiger partial charge in [0.1, 0.15) is 17.2 Å². The van der Waals surface area contributed by atoms with Crippen molar-refractivity contribution in [1.82, 2.24) is 15.3 Å². The number of hydrogen-bond donors (Lipinski definition) is 1. The van der Waals surface area contributed by atoms with Crippen molar-refractivity contribution in [3.05, 3.63) is 60.2 Å². The number of fused-ring (bicyclic) bond motifs is 1. The number of halogens is 1. The van der Waals surface area contributed by atoms with E-state index in [2.05, 4.69) is 15.3 Å². The van der Waals surface area contributed by atoms with E-state index >= 15 is 0 Å². The van der Waals surface area contributed by atoms with Crippen LogP contribution in [0.25, 0.3) is 20.7 Å². The largest absolute Gasteiger partial charge is 0.493 e. The van der Waals surface area contributed by atoms with E-state index < -0.39 is 0 Å². The average Bonchev–Trinajstić information content (AvgIpc) is 3.30. The maximum atomic E-state index is 13.2. The van der Waals surface area contributed by atoms with E-state index in [0.717, 1.165) is 31.2 Å². The van der Waals surface area contributed by atoms with E-state index in [1.807, 2.05) is 6.07 Å². The molecule has 0 saturated carbocycles. The zero-order valence-corrected chi connectivity index (χ0v) is 20.4. The van der Waals surface area contributed by atoms with Crippen LogP contribution in [-0.4, -0.2) is 43.0 Å². The molecule has 0 atom stereocenters. The number of carbonyl (C=O) groups is 1. The Bertz CT molecular complexity index is 1290. The van der Waals surface area contributed by atoms with Crippen LogP contribution in [0.4, 0.5) is 4.39 Å². The molecule has 0 aliphatic rings. The first-order chi connectivity index (χ1) is 16.5. The lowest BCUT2D eigenvalue weighted by Gasteiger charge is -2.14. The summed E-state index contributed by atoms with van der Waals surface area (Å²) in [6, 6.07) is 11.9. The second-order valence-corrected chi connectivity index (χ2v) is 9.13. The fourth-order valence-corrected chi connectivity index (χ4v) is 5.34. The molecule has 176 valence electrons. The van der Waals surface area contributed by atoms with Crippen LogP contribution >= 0.6 is 23.1 Å². The minimum absolute atomic E-state index is 0.138. The predicted octanol–water partition coefficient (Wildman–Crippen LogP) is 4.93. The average molecular weight is 500 g/mol. The van der Waals surface area contributed by atoms with Crippen LogP contribution in [-0.2, 0) is 11.3 Å². The van der Waals surface area contributed by atoms with Crippen molar-refractivity contribution in [3.8, 4) is 27.7 Å². The molecule has 7 nitrogen and oxygen atoms in total. The number of carbonyl (C=O) groups excluding carboxylic acids is 1. The van der Waals surface area contributed by atoms with Gasteiger partial charge in [0, 0.05) is 11.4 Å². The van der Waals surface area contributed by atoms with Crippen molar-refractivity contribution in [1.29, 1.82) is 0 Å². The Kier molecular flexibility index (Phi) is 7.49. The zero-order chi connectivity index (χ0) is 24.1. The summed E-state index contributed by atoms with van der Waals surface area (Å²) >= 11 is 2.86. The number of thiophene rings is 1. The molecule has 0 spiro atoms. The van der Waals surface area contributed by atoms with Crippen LogP contribution in [0, 0.1) is 5.82 Å². The first kappa shape index (κ1) is 23.8. The first-order valence-corrected chi connectivity index (χ1v) is 12.0. The van der Waals surface area contributed by atoms with Gasteiger partial charge in [-0.3, -0.25) is 4.79 Å². The summed E-state index contributed by atoms with van der Waals surface area (Å²) in [6.45, 7) is 0.309. The van der Waals surface area contributed by atoms with Gasteiger partial charge < -0.3 is 19.5 Å². The van der Waals surface area contributed by atoms with Gasteiger partial charge in [-0.05, 0) is 41.5 Å². The highest BCUT2D eigenvalue weighted by Gasteiger charge is 2.15. The fourth-order valence-electron chi connectivity index (χ4n) is 3.31. The lowest BCUT2D eigenvalue weighted by atomic mass is 10.2. The summed E-state index contributed by atoms with van der Waals surface area (Å²) in [5, 5.41) is 3.63. The number of amides is 1. The molecule has 2 aromatic heterocycles. The van der Waals surface area contributed by atoms with Gasteiger partial charge in [0.15, 0.2) is 11.5 Å². The molecule has 0 aliphatic heterocycles. The molecule has 4 aromatic rings. The number of nitrogens with zero attached hydrogens (tertiary/aromatic N) is 2. The topological polar surface area (TPSA) is 82.6 Å². The van der Waals surface area contributed by atoms with Crippen molar-refractivity contribution < 1.29 is 23.4 Å². The molecule has 0 fully saturated rings. The summed E-state index contributed by atoms with van der Waals surface area (Å²) in [5.41, 5.74) is 2.52. The molecule has 0 unspecified atom stereocenters. The fraction of sp³-hybridized carbons (Fsp3) is 0.208. The van der Waals surface area contributed by atoms with Crippen molar-refractivity contribution >= 4 is 39.2 Å². The standard InChI is InChI=1S/C24H22FN3O4S2/c1-30-18-8-14(9-19(31-2)22(18)32-3)11-26-21(29)12-33-24-23-17(27-13-28-24)10-20(34-23)15-4-6-16(25)7-5-15/h4-10,13H,11-12H2,1-3H3,(H,26,29). The predicted molar refractivity (Wildman–Crippen MR) is 131 cm³/mol. The lowest BCUT2D eigenvalue weighted by molar-refractivity contribution is -0.118. The SMILES string of the molecule is COc1cc(CNC(=O)CSc2ncnc3cc(-c4ccc(F)cc4)sc23)cc(OC)c1OC. The molecular formula is C24H22FN3O4S2. The number of nitrogens with one attached hydrogen (secondary N) is 1. The van der Waals surface area contributed by atoms with Crippen LogP contribution in [0.2, 0.25) is 0 Å². The minimum atomic E-state index is -0.279. The molecule has 2 aromatic carbocycles. The number of benzene rings is 2. The van der Waals surface area contributed by atoms with Gasteiger partial charge >= 0.3 is 0 Å². The smallest absolute Gasteiger partial charge is 0.230 e. The van der Waals surface area contributed by atoms with Crippen LogP contribution in [0.1, 0.15) is 5.56 Å². The van der Waals surface area contributed by atoms with Crippen LogP contribution < -0.4 is 19.5 Å². The normalized spacial score (nSPS) is 10.8. The number of rotatable bonds is 9. The Balaban J connectivity index is 1.42. The van der Waals surface area contributed by atoms with Crippen LogP contribution in [0.15, 0.2) is 53.8 Å². The Labute approximate surface area is 204 Å². The second-order valence-electron chi connectivity index (χ2n) is 7.11. The van der Waals surface area contributed by atoms with Gasteiger partial charge in [-0.2, -0.15) is 0 Å². The van der Waals surface area contributed by atoms with E-state index in [1.165, 1.54) is 41.6 Å². The van der Waals surface area contributed by atoms with Gasteiger partial charge in [-0.1, -0.05) is 23.9 Å². The van der Waals surface area contributed by atoms with E-state index in [9.17, 15) is 9.18 Å².